The second-order valence-electron chi connectivity index (χ2n) is 9.09. The molecule has 0 aliphatic rings. The lowest BCUT2D eigenvalue weighted by atomic mass is 9.97. The molecule has 0 spiro atoms. The number of rotatable bonds is 7. The van der Waals surface area contributed by atoms with E-state index in [0.717, 1.165) is 0 Å². The third kappa shape index (κ3) is 5.05. The molecule has 0 saturated carbocycles. The summed E-state index contributed by atoms with van der Waals surface area (Å²) in [6.07, 6.45) is 0. The van der Waals surface area contributed by atoms with Crippen molar-refractivity contribution in [1.82, 2.24) is 10.6 Å². The highest BCUT2D eigenvalue weighted by Crippen LogP contribution is 2.40. The SMILES string of the molecule is CNC(=O)c1c(-c2ccc(F)cc2)oc2cc([N+](=O)[O-])c(-c3cccc(C(=O)NC(C)(C)CO)c3)cc12. The van der Waals surface area contributed by atoms with Crippen LogP contribution in [0.25, 0.3) is 33.4 Å². The van der Waals surface area contributed by atoms with Gasteiger partial charge in [0, 0.05) is 23.6 Å². The largest absolute Gasteiger partial charge is 0.455 e. The summed E-state index contributed by atoms with van der Waals surface area (Å²) < 4.78 is 19.4. The van der Waals surface area contributed by atoms with Crippen LogP contribution in [0, 0.1) is 15.9 Å². The van der Waals surface area contributed by atoms with Crippen LogP contribution < -0.4 is 10.6 Å². The molecule has 2 amide bonds. The van der Waals surface area contributed by atoms with E-state index in [9.17, 15) is 29.2 Å². The number of hydrogen-bond acceptors (Lipinski definition) is 6. The Labute approximate surface area is 211 Å². The van der Waals surface area contributed by atoms with E-state index >= 15 is 0 Å². The van der Waals surface area contributed by atoms with Crippen molar-refractivity contribution in [1.29, 1.82) is 0 Å². The molecule has 0 atom stereocenters. The summed E-state index contributed by atoms with van der Waals surface area (Å²) in [5.74, 6) is -1.28. The summed E-state index contributed by atoms with van der Waals surface area (Å²) in [4.78, 5) is 37.1. The van der Waals surface area contributed by atoms with E-state index in [4.69, 9.17) is 4.42 Å². The number of amides is 2. The summed E-state index contributed by atoms with van der Waals surface area (Å²) in [5.41, 5.74) is 0.285. The van der Waals surface area contributed by atoms with Crippen LogP contribution in [0.4, 0.5) is 10.1 Å². The van der Waals surface area contributed by atoms with Gasteiger partial charge >= 0.3 is 0 Å². The van der Waals surface area contributed by atoms with E-state index in [-0.39, 0.29) is 40.3 Å². The van der Waals surface area contributed by atoms with Gasteiger partial charge < -0.3 is 20.2 Å². The van der Waals surface area contributed by atoms with Crippen LogP contribution in [-0.2, 0) is 0 Å². The van der Waals surface area contributed by atoms with Crippen molar-refractivity contribution in [3.63, 3.8) is 0 Å². The molecule has 0 radical (unpaired) electrons. The number of carbonyl (C=O) groups is 2. The van der Waals surface area contributed by atoms with E-state index < -0.39 is 28.1 Å². The van der Waals surface area contributed by atoms with Gasteiger partial charge in [0.05, 0.1) is 34.3 Å². The van der Waals surface area contributed by atoms with Gasteiger partial charge in [0.15, 0.2) is 0 Å². The Hall–Kier alpha value is -4.57. The molecule has 0 unspecified atom stereocenters. The standard InChI is InChI=1S/C27H24FN3O6/c1-27(2,14-32)30-25(33)17-6-4-5-16(11-17)19-12-20-22(13-21(19)31(35)36)37-24(23(20)26(34)29-3)15-7-9-18(28)10-8-15/h4-13,32H,14H2,1-3H3,(H,29,34)(H,30,33). The Kier molecular flexibility index (Phi) is 6.78. The Bertz CT molecular complexity index is 1530. The zero-order valence-corrected chi connectivity index (χ0v) is 20.3. The molecule has 10 heteroatoms. The van der Waals surface area contributed by atoms with Crippen molar-refractivity contribution in [2.24, 2.45) is 0 Å². The first-order valence-corrected chi connectivity index (χ1v) is 11.3. The van der Waals surface area contributed by atoms with Crippen molar-refractivity contribution in [3.05, 3.63) is 87.7 Å². The van der Waals surface area contributed by atoms with Crippen LogP contribution in [0.15, 0.2) is 65.1 Å². The molecule has 3 aromatic carbocycles. The maximum Gasteiger partial charge on any atom is 0.280 e. The summed E-state index contributed by atoms with van der Waals surface area (Å²) in [6.45, 7) is 3.04. The number of hydrogen-bond donors (Lipinski definition) is 3. The molecule has 0 bridgehead atoms. The molecule has 0 saturated heterocycles. The first-order chi connectivity index (χ1) is 17.5. The number of benzene rings is 3. The van der Waals surface area contributed by atoms with Gasteiger partial charge in [0.25, 0.3) is 17.5 Å². The first-order valence-electron chi connectivity index (χ1n) is 11.3. The number of aliphatic hydroxyl groups excluding tert-OH is 1. The average Bonchev–Trinajstić information content (AvgIpc) is 3.26. The predicted octanol–water partition coefficient (Wildman–Crippen LogP) is 4.67. The third-order valence-corrected chi connectivity index (χ3v) is 5.85. The predicted molar refractivity (Wildman–Crippen MR) is 136 cm³/mol. The lowest BCUT2D eigenvalue weighted by Crippen LogP contribution is -2.46. The Morgan fingerprint density at radius 1 is 1.05 bits per heavy atom. The number of fused-ring (bicyclic) bond motifs is 1. The van der Waals surface area contributed by atoms with E-state index in [1.54, 1.807) is 32.0 Å². The van der Waals surface area contributed by atoms with Gasteiger partial charge in [-0.3, -0.25) is 19.7 Å². The lowest BCUT2D eigenvalue weighted by molar-refractivity contribution is -0.384. The van der Waals surface area contributed by atoms with Crippen LogP contribution in [-0.4, -0.2) is 41.0 Å². The number of nitrogens with zero attached hydrogens (tertiary/aromatic N) is 1. The maximum atomic E-state index is 13.5. The van der Waals surface area contributed by atoms with E-state index in [0.29, 0.717) is 16.5 Å². The Balaban J connectivity index is 1.92. The topological polar surface area (TPSA) is 135 Å². The van der Waals surface area contributed by atoms with Crippen LogP contribution in [0.1, 0.15) is 34.6 Å². The fraction of sp³-hybridized carbons (Fsp3) is 0.185. The van der Waals surface area contributed by atoms with Gasteiger partial charge in [-0.2, -0.15) is 0 Å². The molecular weight excluding hydrogens is 481 g/mol. The minimum absolute atomic E-state index is 0.104. The summed E-state index contributed by atoms with van der Waals surface area (Å²) in [6, 6.07) is 14.3. The number of carbonyl (C=O) groups excluding carboxylic acids is 2. The van der Waals surface area contributed by atoms with E-state index in [1.165, 1.54) is 49.5 Å². The lowest BCUT2D eigenvalue weighted by Gasteiger charge is -2.23. The summed E-state index contributed by atoms with van der Waals surface area (Å²) in [5, 5.41) is 27.0. The molecule has 1 aromatic heterocycles. The molecule has 190 valence electrons. The number of aliphatic hydroxyl groups is 1. The van der Waals surface area contributed by atoms with Crippen LogP contribution in [0.3, 0.4) is 0 Å². The highest BCUT2D eigenvalue weighted by atomic mass is 19.1. The summed E-state index contributed by atoms with van der Waals surface area (Å²) in [7, 11) is 1.44. The average molecular weight is 506 g/mol. The highest BCUT2D eigenvalue weighted by Gasteiger charge is 2.27. The molecule has 9 nitrogen and oxygen atoms in total. The van der Waals surface area contributed by atoms with Gasteiger partial charge in [-0.15, -0.1) is 0 Å². The van der Waals surface area contributed by atoms with Gasteiger partial charge in [0.2, 0.25) is 0 Å². The fourth-order valence-electron chi connectivity index (χ4n) is 3.92. The molecule has 3 N–H and O–H groups in total. The quantitative estimate of drug-likeness (QED) is 0.247. The molecule has 4 aromatic rings. The normalized spacial score (nSPS) is 11.4. The molecule has 0 aliphatic heterocycles. The molecule has 0 fully saturated rings. The monoisotopic (exact) mass is 505 g/mol. The molecular formula is C27H24FN3O6. The van der Waals surface area contributed by atoms with Crippen LogP contribution >= 0.6 is 0 Å². The van der Waals surface area contributed by atoms with E-state index in [1.807, 2.05) is 0 Å². The van der Waals surface area contributed by atoms with Crippen LogP contribution in [0.2, 0.25) is 0 Å². The number of halogens is 1. The van der Waals surface area contributed by atoms with Gasteiger partial charge in [0.1, 0.15) is 17.2 Å². The smallest absolute Gasteiger partial charge is 0.280 e. The van der Waals surface area contributed by atoms with Crippen molar-refractivity contribution in [2.75, 3.05) is 13.7 Å². The maximum absolute atomic E-state index is 13.5. The number of nitro groups is 1. The minimum atomic E-state index is -0.867. The zero-order valence-electron chi connectivity index (χ0n) is 20.3. The Morgan fingerprint density at radius 3 is 2.38 bits per heavy atom. The fourth-order valence-corrected chi connectivity index (χ4v) is 3.92. The second kappa shape index (κ2) is 9.82. The second-order valence-corrected chi connectivity index (χ2v) is 9.09. The summed E-state index contributed by atoms with van der Waals surface area (Å²) >= 11 is 0. The number of nitro benzene ring substituents is 1. The van der Waals surface area contributed by atoms with E-state index in [2.05, 4.69) is 10.6 Å². The van der Waals surface area contributed by atoms with Crippen molar-refractivity contribution >= 4 is 28.5 Å². The van der Waals surface area contributed by atoms with Crippen molar-refractivity contribution in [3.8, 4) is 22.5 Å². The zero-order chi connectivity index (χ0) is 26.9. The van der Waals surface area contributed by atoms with Gasteiger partial charge in [-0.25, -0.2) is 4.39 Å². The molecule has 1 heterocycles. The number of furan rings is 1. The molecule has 0 aliphatic carbocycles. The highest BCUT2D eigenvalue weighted by molar-refractivity contribution is 6.12. The van der Waals surface area contributed by atoms with Gasteiger partial charge in [-0.05, 0) is 61.9 Å². The first kappa shape index (κ1) is 25.5. The van der Waals surface area contributed by atoms with Crippen molar-refractivity contribution < 1.29 is 28.4 Å². The van der Waals surface area contributed by atoms with Crippen LogP contribution in [0.5, 0.6) is 0 Å². The van der Waals surface area contributed by atoms with Crippen molar-refractivity contribution in [2.45, 2.75) is 19.4 Å². The number of nitrogens with one attached hydrogen (secondary N) is 2. The Morgan fingerprint density at radius 2 is 1.76 bits per heavy atom. The molecule has 4 rings (SSSR count). The minimum Gasteiger partial charge on any atom is -0.455 e. The molecule has 37 heavy (non-hydrogen) atoms. The third-order valence-electron chi connectivity index (χ3n) is 5.85. The van der Waals surface area contributed by atoms with Gasteiger partial charge in [-0.1, -0.05) is 12.1 Å².